The minimum Gasteiger partial charge on any atom is -0.490 e. The number of ether oxygens (including phenoxy) is 4. The molecule has 0 spiro atoms. The molecule has 0 aromatic heterocycles. The van der Waals surface area contributed by atoms with E-state index in [9.17, 15) is 4.79 Å². The van der Waals surface area contributed by atoms with Crippen LogP contribution in [-0.4, -0.2) is 56.5 Å². The number of carbonyl (C=O) groups excluding carboxylic acids is 1. The molecule has 0 N–H and O–H groups in total. The molecule has 3 aliphatic rings. The highest BCUT2D eigenvalue weighted by molar-refractivity contribution is 5.82. The van der Waals surface area contributed by atoms with Gasteiger partial charge in [-0.2, -0.15) is 0 Å². The zero-order valence-electron chi connectivity index (χ0n) is 13.7. The molecular formula is C18H23NO5. The minimum atomic E-state index is -0.472. The number of rotatable bonds is 2. The molecular weight excluding hydrogens is 310 g/mol. The average molecular weight is 333 g/mol. The number of hydrogen-bond donors (Lipinski definition) is 0. The van der Waals surface area contributed by atoms with Crippen molar-refractivity contribution in [2.24, 2.45) is 0 Å². The molecule has 0 saturated carbocycles. The van der Waals surface area contributed by atoms with E-state index in [1.807, 2.05) is 23.1 Å². The van der Waals surface area contributed by atoms with Gasteiger partial charge in [0.15, 0.2) is 17.6 Å². The van der Waals surface area contributed by atoms with Gasteiger partial charge >= 0.3 is 0 Å². The van der Waals surface area contributed by atoms with Crippen molar-refractivity contribution in [2.45, 2.75) is 31.4 Å². The van der Waals surface area contributed by atoms with E-state index in [1.165, 1.54) is 0 Å². The van der Waals surface area contributed by atoms with Crippen LogP contribution in [0, 0.1) is 0 Å². The minimum absolute atomic E-state index is 0.0318. The third kappa shape index (κ3) is 3.08. The fraction of sp³-hybridized carbons (Fsp3) is 0.611. The van der Waals surface area contributed by atoms with Crippen LogP contribution >= 0.6 is 0 Å². The molecule has 0 radical (unpaired) electrons. The zero-order valence-corrected chi connectivity index (χ0v) is 13.7. The number of amides is 1. The molecule has 6 nitrogen and oxygen atoms in total. The monoisotopic (exact) mass is 333 g/mol. The summed E-state index contributed by atoms with van der Waals surface area (Å²) in [6, 6.07) is 6.09. The maximum Gasteiger partial charge on any atom is 0.254 e. The number of benzene rings is 1. The van der Waals surface area contributed by atoms with Crippen LogP contribution in [0.1, 0.15) is 30.9 Å². The van der Waals surface area contributed by atoms with E-state index in [0.29, 0.717) is 33.0 Å². The van der Waals surface area contributed by atoms with Gasteiger partial charge in [-0.15, -0.1) is 0 Å². The Morgan fingerprint density at radius 3 is 2.75 bits per heavy atom. The number of carbonyl (C=O) groups is 1. The average Bonchev–Trinajstić information content (AvgIpc) is 3.00. The molecule has 24 heavy (non-hydrogen) atoms. The Morgan fingerprint density at radius 1 is 1.04 bits per heavy atom. The van der Waals surface area contributed by atoms with Crippen molar-refractivity contribution < 1.29 is 23.7 Å². The van der Waals surface area contributed by atoms with Crippen LogP contribution in [0.4, 0.5) is 0 Å². The maximum atomic E-state index is 12.8. The highest BCUT2D eigenvalue weighted by Crippen LogP contribution is 2.38. The van der Waals surface area contributed by atoms with Crippen molar-refractivity contribution >= 4 is 5.91 Å². The fourth-order valence-electron chi connectivity index (χ4n) is 3.58. The molecule has 1 amide bonds. The molecule has 6 heteroatoms. The zero-order chi connectivity index (χ0) is 16.4. The summed E-state index contributed by atoms with van der Waals surface area (Å²) in [5.41, 5.74) is 1.10. The van der Waals surface area contributed by atoms with E-state index in [4.69, 9.17) is 18.9 Å². The van der Waals surface area contributed by atoms with Gasteiger partial charge in [0.2, 0.25) is 0 Å². The first-order valence-corrected chi connectivity index (χ1v) is 8.72. The number of fused-ring (bicyclic) bond motifs is 1. The predicted molar refractivity (Wildman–Crippen MR) is 86.3 cm³/mol. The third-order valence-corrected chi connectivity index (χ3v) is 4.78. The quantitative estimate of drug-likeness (QED) is 0.828. The van der Waals surface area contributed by atoms with Gasteiger partial charge in [0.1, 0.15) is 0 Å². The summed E-state index contributed by atoms with van der Waals surface area (Å²) in [6.07, 6.45) is 2.37. The summed E-state index contributed by atoms with van der Waals surface area (Å²) in [7, 11) is 0. The largest absolute Gasteiger partial charge is 0.490 e. The Balaban J connectivity index is 1.54. The van der Waals surface area contributed by atoms with Gasteiger partial charge in [-0.05, 0) is 30.5 Å². The van der Waals surface area contributed by atoms with E-state index in [1.54, 1.807) is 0 Å². The van der Waals surface area contributed by atoms with E-state index in [2.05, 4.69) is 0 Å². The molecule has 1 aromatic rings. The molecule has 0 aliphatic carbocycles. The highest BCUT2D eigenvalue weighted by atomic mass is 16.6. The predicted octanol–water partition coefficient (Wildman–Crippen LogP) is 1.93. The second-order valence-corrected chi connectivity index (χ2v) is 6.38. The second kappa shape index (κ2) is 6.99. The topological polar surface area (TPSA) is 57.2 Å². The van der Waals surface area contributed by atoms with Gasteiger partial charge in [0.25, 0.3) is 5.91 Å². The summed E-state index contributed by atoms with van der Waals surface area (Å²) >= 11 is 0. The van der Waals surface area contributed by atoms with Crippen molar-refractivity contribution in [3.05, 3.63) is 23.8 Å². The molecule has 3 aliphatic heterocycles. The van der Waals surface area contributed by atoms with Crippen LogP contribution < -0.4 is 9.47 Å². The van der Waals surface area contributed by atoms with Gasteiger partial charge in [-0.1, -0.05) is 6.07 Å². The first-order valence-electron chi connectivity index (χ1n) is 8.72. The van der Waals surface area contributed by atoms with E-state index >= 15 is 0 Å². The van der Waals surface area contributed by atoms with Gasteiger partial charge in [0.05, 0.1) is 39.1 Å². The molecule has 0 bridgehead atoms. The van der Waals surface area contributed by atoms with Crippen LogP contribution in [0.25, 0.3) is 0 Å². The Labute approximate surface area is 141 Å². The van der Waals surface area contributed by atoms with E-state index < -0.39 is 6.10 Å². The normalized spacial score (nSPS) is 26.9. The third-order valence-electron chi connectivity index (χ3n) is 4.78. The van der Waals surface area contributed by atoms with Gasteiger partial charge in [-0.25, -0.2) is 0 Å². The van der Waals surface area contributed by atoms with Crippen molar-refractivity contribution in [2.75, 3.05) is 39.6 Å². The highest BCUT2D eigenvalue weighted by Gasteiger charge is 2.35. The first-order chi connectivity index (χ1) is 11.8. The van der Waals surface area contributed by atoms with Gasteiger partial charge in [-0.3, -0.25) is 4.79 Å². The lowest BCUT2D eigenvalue weighted by molar-refractivity contribution is -0.158. The smallest absolute Gasteiger partial charge is 0.254 e. The van der Waals surface area contributed by atoms with Crippen LogP contribution in [0.2, 0.25) is 0 Å². The lowest BCUT2D eigenvalue weighted by Gasteiger charge is -2.31. The molecule has 130 valence electrons. The van der Waals surface area contributed by atoms with Crippen LogP contribution in [0.5, 0.6) is 11.5 Å². The van der Waals surface area contributed by atoms with E-state index in [0.717, 1.165) is 42.9 Å². The molecule has 2 unspecified atom stereocenters. The summed E-state index contributed by atoms with van der Waals surface area (Å²) in [4.78, 5) is 14.7. The van der Waals surface area contributed by atoms with Crippen molar-refractivity contribution in [1.82, 2.24) is 4.90 Å². The van der Waals surface area contributed by atoms with Crippen molar-refractivity contribution in [3.63, 3.8) is 0 Å². The molecule has 2 fully saturated rings. The molecule has 2 atom stereocenters. The lowest BCUT2D eigenvalue weighted by atomic mass is 10.0. The summed E-state index contributed by atoms with van der Waals surface area (Å²) in [6.45, 7) is 3.51. The van der Waals surface area contributed by atoms with Crippen molar-refractivity contribution in [3.8, 4) is 11.5 Å². The molecule has 4 rings (SSSR count). The molecule has 1 aromatic carbocycles. The Kier molecular flexibility index (Phi) is 4.58. The van der Waals surface area contributed by atoms with Crippen molar-refractivity contribution in [1.29, 1.82) is 0 Å². The number of nitrogens with zero attached hydrogens (tertiary/aromatic N) is 1. The number of hydrogen-bond acceptors (Lipinski definition) is 5. The molecule has 3 heterocycles. The standard InChI is InChI=1S/C18H23NO5/c20-18(17-12-21-9-10-24-17)19-6-1-3-14(19)13-4-5-15-16(11-13)23-8-2-7-22-15/h4-5,11,14,17H,1-3,6-10,12H2. The van der Waals surface area contributed by atoms with Crippen LogP contribution in [0.15, 0.2) is 18.2 Å². The first kappa shape index (κ1) is 15.7. The summed E-state index contributed by atoms with van der Waals surface area (Å²) < 4.78 is 22.4. The Hall–Kier alpha value is -1.79. The second-order valence-electron chi connectivity index (χ2n) is 6.38. The number of likely N-dealkylation sites (tertiary alicyclic amines) is 1. The molecule has 2 saturated heterocycles. The van der Waals surface area contributed by atoms with Gasteiger partial charge in [0, 0.05) is 13.0 Å². The lowest BCUT2D eigenvalue weighted by Crippen LogP contribution is -2.45. The summed E-state index contributed by atoms with van der Waals surface area (Å²) in [5.74, 6) is 1.60. The van der Waals surface area contributed by atoms with E-state index in [-0.39, 0.29) is 11.9 Å². The van der Waals surface area contributed by atoms with Gasteiger partial charge < -0.3 is 23.8 Å². The summed E-state index contributed by atoms with van der Waals surface area (Å²) in [5, 5.41) is 0. The Morgan fingerprint density at radius 2 is 1.92 bits per heavy atom. The maximum absolute atomic E-state index is 12.8. The fourth-order valence-corrected chi connectivity index (χ4v) is 3.58. The van der Waals surface area contributed by atoms with Crippen LogP contribution in [0.3, 0.4) is 0 Å². The van der Waals surface area contributed by atoms with Crippen LogP contribution in [-0.2, 0) is 14.3 Å². The Bertz CT molecular complexity index is 599. The SMILES string of the molecule is O=C(C1COCCO1)N1CCCC1c1ccc2c(c1)OCCCO2.